The first-order valence-electron chi connectivity index (χ1n) is 7.22. The molecule has 2 N–H and O–H groups in total. The van der Waals surface area contributed by atoms with Gasteiger partial charge in [0.05, 0.1) is 13.1 Å². The minimum Gasteiger partial charge on any atom is -0.346 e. The summed E-state index contributed by atoms with van der Waals surface area (Å²) in [7, 11) is 0. The molecule has 3 rings (SSSR count). The molecule has 1 atom stereocenters. The number of amides is 2. The van der Waals surface area contributed by atoms with Crippen LogP contribution < -0.4 is 15.1 Å². The summed E-state index contributed by atoms with van der Waals surface area (Å²) < 4.78 is 0. The smallest absolute Gasteiger partial charge is 0.282 e. The Labute approximate surface area is 118 Å². The van der Waals surface area contributed by atoms with Crippen LogP contribution in [0.4, 0.5) is 5.69 Å². The van der Waals surface area contributed by atoms with Gasteiger partial charge < -0.3 is 15.1 Å². The third kappa shape index (κ3) is 2.67. The van der Waals surface area contributed by atoms with E-state index in [-0.39, 0.29) is 11.8 Å². The summed E-state index contributed by atoms with van der Waals surface area (Å²) in [5.74, 6) is 0.167. The molecule has 20 heavy (non-hydrogen) atoms. The van der Waals surface area contributed by atoms with E-state index in [9.17, 15) is 9.59 Å². The molecule has 2 aliphatic rings. The Morgan fingerprint density at radius 2 is 2.20 bits per heavy atom. The van der Waals surface area contributed by atoms with Gasteiger partial charge >= 0.3 is 0 Å². The van der Waals surface area contributed by atoms with Crippen LogP contribution >= 0.6 is 0 Å². The number of nitrogens with one attached hydrogen (secondary N) is 2. The van der Waals surface area contributed by atoms with E-state index < -0.39 is 0 Å². The van der Waals surface area contributed by atoms with Crippen LogP contribution in [0.5, 0.6) is 0 Å². The first kappa shape index (κ1) is 13.1. The molecule has 2 aliphatic heterocycles. The molecule has 2 amide bonds. The topological polar surface area (TPSA) is 53.9 Å². The van der Waals surface area contributed by atoms with Crippen LogP contribution in [0.15, 0.2) is 24.3 Å². The molecule has 0 saturated carbocycles. The highest BCUT2D eigenvalue weighted by atomic mass is 16.2. The number of aryl methyl sites for hydroxylation is 1. The van der Waals surface area contributed by atoms with Crippen molar-refractivity contribution >= 4 is 17.5 Å². The third-order valence-corrected chi connectivity index (χ3v) is 4.02. The number of rotatable bonds is 2. The molecule has 0 radical (unpaired) electrons. The summed E-state index contributed by atoms with van der Waals surface area (Å²) in [6, 6.07) is 8.11. The van der Waals surface area contributed by atoms with Crippen molar-refractivity contribution in [3.05, 3.63) is 29.8 Å². The normalized spacial score (nSPS) is 22.1. The number of hydrogen-bond donors (Lipinski definition) is 2. The van der Waals surface area contributed by atoms with Crippen LogP contribution in [-0.4, -0.2) is 44.5 Å². The number of carbonyl (C=O) groups is 2. The lowest BCUT2D eigenvalue weighted by Gasteiger charge is -2.31. The van der Waals surface area contributed by atoms with E-state index in [1.165, 1.54) is 5.56 Å². The summed E-state index contributed by atoms with van der Waals surface area (Å²) in [4.78, 5) is 26.8. The number of fused-ring (bicyclic) bond motifs is 1. The van der Waals surface area contributed by atoms with Crippen molar-refractivity contribution in [2.24, 2.45) is 0 Å². The minimum absolute atomic E-state index is 0.0399. The number of piperazine rings is 1. The minimum atomic E-state index is 0.0399. The molecule has 0 aromatic heterocycles. The summed E-state index contributed by atoms with van der Waals surface area (Å²) in [5.41, 5.74) is 2.29. The van der Waals surface area contributed by atoms with E-state index in [1.807, 2.05) is 23.1 Å². The van der Waals surface area contributed by atoms with Gasteiger partial charge in [0.1, 0.15) is 0 Å². The molecule has 1 aromatic rings. The highest BCUT2D eigenvalue weighted by Gasteiger charge is 2.27. The molecule has 0 bridgehead atoms. The number of quaternary nitrogens is 1. The zero-order valence-corrected chi connectivity index (χ0v) is 11.5. The Bertz CT molecular complexity index is 530. The van der Waals surface area contributed by atoms with Crippen LogP contribution in [-0.2, 0) is 16.0 Å². The fourth-order valence-electron chi connectivity index (χ4n) is 3.01. The van der Waals surface area contributed by atoms with E-state index in [0.29, 0.717) is 19.6 Å². The Kier molecular flexibility index (Phi) is 3.69. The van der Waals surface area contributed by atoms with Gasteiger partial charge in [0, 0.05) is 12.2 Å². The van der Waals surface area contributed by atoms with E-state index in [2.05, 4.69) is 11.4 Å². The van der Waals surface area contributed by atoms with Crippen molar-refractivity contribution < 1.29 is 14.5 Å². The maximum Gasteiger partial charge on any atom is 0.282 e. The molecule has 1 aromatic carbocycles. The van der Waals surface area contributed by atoms with Crippen LogP contribution in [0.2, 0.25) is 0 Å². The van der Waals surface area contributed by atoms with E-state index in [1.54, 1.807) is 0 Å². The maximum absolute atomic E-state index is 12.5. The number of nitrogens with zero attached hydrogens (tertiary/aromatic N) is 1. The van der Waals surface area contributed by atoms with Crippen molar-refractivity contribution in [2.75, 3.05) is 37.6 Å². The van der Waals surface area contributed by atoms with Crippen LogP contribution in [0.25, 0.3) is 0 Å². The molecule has 0 spiro atoms. The molecule has 1 saturated heterocycles. The Balaban J connectivity index is 1.70. The Morgan fingerprint density at radius 1 is 1.35 bits per heavy atom. The van der Waals surface area contributed by atoms with Crippen LogP contribution in [0, 0.1) is 0 Å². The fraction of sp³-hybridized carbons (Fsp3) is 0.467. The summed E-state index contributed by atoms with van der Waals surface area (Å²) in [6.07, 6.45) is 2.05. The first-order chi connectivity index (χ1) is 9.74. The van der Waals surface area contributed by atoms with E-state index in [4.69, 9.17) is 0 Å². The van der Waals surface area contributed by atoms with Crippen LogP contribution in [0.1, 0.15) is 12.0 Å². The second kappa shape index (κ2) is 5.63. The van der Waals surface area contributed by atoms with Crippen molar-refractivity contribution in [3.63, 3.8) is 0 Å². The standard InChI is InChI=1S/C15H19N3O2/c19-14-10-17(9-7-16-14)11-15(20)18-8-3-5-12-4-1-2-6-13(12)18/h1-2,4,6H,3,5,7-11H2,(H,16,19)/p+1. The quantitative estimate of drug-likeness (QED) is 0.725. The summed E-state index contributed by atoms with van der Waals surface area (Å²) in [5, 5.41) is 2.80. The molecule has 5 heteroatoms. The molecule has 0 aliphatic carbocycles. The number of benzene rings is 1. The zero-order valence-electron chi connectivity index (χ0n) is 11.5. The van der Waals surface area contributed by atoms with Crippen molar-refractivity contribution in [2.45, 2.75) is 12.8 Å². The van der Waals surface area contributed by atoms with Gasteiger partial charge in [-0.05, 0) is 24.5 Å². The van der Waals surface area contributed by atoms with Crippen molar-refractivity contribution in [1.82, 2.24) is 5.32 Å². The van der Waals surface area contributed by atoms with Gasteiger partial charge in [0.25, 0.3) is 11.8 Å². The predicted octanol–water partition coefficient (Wildman–Crippen LogP) is -1.02. The Hall–Kier alpha value is -1.88. The second-order valence-electron chi connectivity index (χ2n) is 5.48. The molecular weight excluding hydrogens is 254 g/mol. The largest absolute Gasteiger partial charge is 0.346 e. The molecular formula is C15H20N3O2+. The van der Waals surface area contributed by atoms with Gasteiger partial charge in [-0.1, -0.05) is 18.2 Å². The average molecular weight is 274 g/mol. The van der Waals surface area contributed by atoms with Crippen LogP contribution in [0.3, 0.4) is 0 Å². The predicted molar refractivity (Wildman–Crippen MR) is 75.7 cm³/mol. The lowest BCUT2D eigenvalue weighted by atomic mass is 10.0. The molecule has 106 valence electrons. The lowest BCUT2D eigenvalue weighted by Crippen LogP contribution is -3.16. The van der Waals surface area contributed by atoms with Gasteiger partial charge in [0.15, 0.2) is 13.1 Å². The first-order valence-corrected chi connectivity index (χ1v) is 7.22. The van der Waals surface area contributed by atoms with E-state index in [0.717, 1.165) is 36.5 Å². The highest BCUT2D eigenvalue weighted by molar-refractivity contribution is 5.95. The summed E-state index contributed by atoms with van der Waals surface area (Å²) >= 11 is 0. The molecule has 2 heterocycles. The number of hydrogen-bond acceptors (Lipinski definition) is 2. The van der Waals surface area contributed by atoms with Gasteiger partial charge in [-0.25, -0.2) is 0 Å². The van der Waals surface area contributed by atoms with Crippen molar-refractivity contribution in [3.8, 4) is 0 Å². The number of para-hydroxylation sites is 1. The maximum atomic E-state index is 12.5. The van der Waals surface area contributed by atoms with Crippen molar-refractivity contribution in [1.29, 1.82) is 0 Å². The molecule has 5 nitrogen and oxygen atoms in total. The van der Waals surface area contributed by atoms with E-state index >= 15 is 0 Å². The molecule has 1 fully saturated rings. The summed E-state index contributed by atoms with van der Waals surface area (Å²) in [6.45, 7) is 3.09. The third-order valence-electron chi connectivity index (χ3n) is 4.02. The monoisotopic (exact) mass is 274 g/mol. The molecule has 1 unspecified atom stereocenters. The fourth-order valence-corrected chi connectivity index (χ4v) is 3.01. The lowest BCUT2D eigenvalue weighted by molar-refractivity contribution is -0.885. The van der Waals surface area contributed by atoms with Gasteiger partial charge in [-0.2, -0.15) is 0 Å². The van der Waals surface area contributed by atoms with Gasteiger partial charge in [-0.15, -0.1) is 0 Å². The second-order valence-corrected chi connectivity index (χ2v) is 5.48. The van der Waals surface area contributed by atoms with Gasteiger partial charge in [0.2, 0.25) is 0 Å². The number of anilines is 1. The average Bonchev–Trinajstić information content (AvgIpc) is 2.46. The Morgan fingerprint density at radius 3 is 3.05 bits per heavy atom. The zero-order chi connectivity index (χ0) is 13.9. The highest BCUT2D eigenvalue weighted by Crippen LogP contribution is 2.26. The number of carbonyl (C=O) groups excluding carboxylic acids is 2. The van der Waals surface area contributed by atoms with Gasteiger partial charge in [-0.3, -0.25) is 9.59 Å². The SMILES string of the molecule is O=C1C[NH+](CC(=O)N2CCCc3ccccc32)CCN1.